The SMILES string of the molecule is COc1cc(C2NN([C@@H]3CCCN(C(=O)/C(C#N)=C/C(C)(C)C)C3)c3ncnc(N)c32)ccc1Oc1ccc(Cl)c(Cl)c1. The molecule has 1 fully saturated rings. The minimum absolute atomic E-state index is 0.107. The number of amides is 1. The summed E-state index contributed by atoms with van der Waals surface area (Å²) < 4.78 is 11.7. The predicted octanol–water partition coefficient (Wildman–Crippen LogP) is 6.07. The van der Waals surface area contributed by atoms with Gasteiger partial charge in [-0.05, 0) is 48.1 Å². The number of rotatable bonds is 6. The van der Waals surface area contributed by atoms with Crippen LogP contribution in [0.2, 0.25) is 10.0 Å². The number of ether oxygens (including phenoxy) is 2. The number of nitrogens with zero attached hydrogens (tertiary/aromatic N) is 5. The van der Waals surface area contributed by atoms with E-state index in [0.717, 1.165) is 24.0 Å². The number of benzene rings is 2. The van der Waals surface area contributed by atoms with E-state index in [0.29, 0.717) is 52.0 Å². The molecular formula is C31H33Cl2N7O3. The Kier molecular flexibility index (Phi) is 8.69. The zero-order valence-electron chi connectivity index (χ0n) is 24.4. The maximum absolute atomic E-state index is 13.3. The van der Waals surface area contributed by atoms with Gasteiger partial charge in [0.1, 0.15) is 29.5 Å². The average Bonchev–Trinajstić information content (AvgIpc) is 3.38. The number of hydrogen-bond donors (Lipinski definition) is 2. The Morgan fingerprint density at radius 2 is 1.95 bits per heavy atom. The van der Waals surface area contributed by atoms with Crippen molar-refractivity contribution in [3.63, 3.8) is 0 Å². The fraction of sp³-hybridized carbons (Fsp3) is 0.355. The summed E-state index contributed by atoms with van der Waals surface area (Å²) >= 11 is 12.2. The van der Waals surface area contributed by atoms with Gasteiger partial charge in [-0.2, -0.15) is 5.26 Å². The summed E-state index contributed by atoms with van der Waals surface area (Å²) in [5.41, 5.74) is 11.4. The summed E-state index contributed by atoms with van der Waals surface area (Å²) in [6.07, 6.45) is 4.76. The number of allylic oxidation sites excluding steroid dienone is 1. The summed E-state index contributed by atoms with van der Waals surface area (Å²) in [6, 6.07) is 12.2. The Labute approximate surface area is 261 Å². The van der Waals surface area contributed by atoms with E-state index in [4.69, 9.17) is 38.4 Å². The summed E-state index contributed by atoms with van der Waals surface area (Å²) in [4.78, 5) is 23.9. The molecule has 2 atom stereocenters. The molecule has 2 aromatic carbocycles. The fourth-order valence-electron chi connectivity index (χ4n) is 5.36. The number of hydrogen-bond acceptors (Lipinski definition) is 9. The first-order chi connectivity index (χ1) is 20.5. The second kappa shape index (κ2) is 12.3. The first kappa shape index (κ1) is 30.4. The number of nitrogen functional groups attached to an aromatic ring is 1. The van der Waals surface area contributed by atoms with Gasteiger partial charge < -0.3 is 20.1 Å². The molecule has 10 nitrogen and oxygen atoms in total. The van der Waals surface area contributed by atoms with Crippen LogP contribution < -0.4 is 25.6 Å². The number of piperidine rings is 1. The van der Waals surface area contributed by atoms with Gasteiger partial charge in [-0.25, -0.2) is 15.4 Å². The van der Waals surface area contributed by atoms with Crippen molar-refractivity contribution in [3.8, 4) is 23.3 Å². The Morgan fingerprint density at radius 1 is 1.16 bits per heavy atom. The molecule has 1 unspecified atom stereocenters. The van der Waals surface area contributed by atoms with Crippen LogP contribution in [0.25, 0.3) is 0 Å². The molecule has 0 spiro atoms. The van der Waals surface area contributed by atoms with Crippen LogP contribution in [0.15, 0.2) is 54.4 Å². The molecule has 0 radical (unpaired) electrons. The van der Waals surface area contributed by atoms with Crippen molar-refractivity contribution in [2.75, 3.05) is 30.9 Å². The molecule has 224 valence electrons. The third-order valence-electron chi connectivity index (χ3n) is 7.30. The van der Waals surface area contributed by atoms with Gasteiger partial charge in [0.2, 0.25) is 0 Å². The molecular weight excluding hydrogens is 589 g/mol. The van der Waals surface area contributed by atoms with Crippen molar-refractivity contribution >= 4 is 40.7 Å². The van der Waals surface area contributed by atoms with Crippen molar-refractivity contribution in [3.05, 3.63) is 75.5 Å². The van der Waals surface area contributed by atoms with E-state index in [-0.39, 0.29) is 29.0 Å². The van der Waals surface area contributed by atoms with E-state index < -0.39 is 0 Å². The third kappa shape index (κ3) is 6.49. The van der Waals surface area contributed by atoms with Crippen LogP contribution in [0, 0.1) is 16.7 Å². The van der Waals surface area contributed by atoms with Gasteiger partial charge >= 0.3 is 0 Å². The maximum Gasteiger partial charge on any atom is 0.264 e. The molecule has 3 aromatic rings. The molecule has 0 aliphatic carbocycles. The highest BCUT2D eigenvalue weighted by Crippen LogP contribution is 2.43. The number of fused-ring (bicyclic) bond motifs is 1. The summed E-state index contributed by atoms with van der Waals surface area (Å²) in [5, 5.41) is 12.5. The van der Waals surface area contributed by atoms with Crippen LogP contribution in [0.1, 0.15) is 50.8 Å². The largest absolute Gasteiger partial charge is 0.493 e. The average molecular weight is 623 g/mol. The van der Waals surface area contributed by atoms with Gasteiger partial charge in [-0.15, -0.1) is 0 Å². The normalized spacial score (nSPS) is 18.7. The van der Waals surface area contributed by atoms with Gasteiger partial charge in [0.15, 0.2) is 17.3 Å². The highest BCUT2D eigenvalue weighted by Gasteiger charge is 2.39. The zero-order chi connectivity index (χ0) is 30.9. The number of halogens is 2. The topological polar surface area (TPSA) is 130 Å². The maximum atomic E-state index is 13.3. The smallest absolute Gasteiger partial charge is 0.264 e. The predicted molar refractivity (Wildman–Crippen MR) is 166 cm³/mol. The van der Waals surface area contributed by atoms with Crippen LogP contribution in [-0.2, 0) is 4.79 Å². The third-order valence-corrected chi connectivity index (χ3v) is 8.03. The van der Waals surface area contributed by atoms with E-state index in [1.807, 2.05) is 44.0 Å². The molecule has 0 saturated carbocycles. The number of nitrogens with two attached hydrogens (primary N) is 1. The number of anilines is 2. The Hall–Kier alpha value is -4.04. The number of carbonyl (C=O) groups is 1. The molecule has 2 aliphatic rings. The number of carbonyl (C=O) groups excluding carboxylic acids is 1. The van der Waals surface area contributed by atoms with Crippen molar-refractivity contribution < 1.29 is 14.3 Å². The molecule has 43 heavy (non-hydrogen) atoms. The van der Waals surface area contributed by atoms with Gasteiger partial charge in [0.25, 0.3) is 5.91 Å². The van der Waals surface area contributed by atoms with Crippen molar-refractivity contribution in [2.24, 2.45) is 5.41 Å². The van der Waals surface area contributed by atoms with E-state index in [1.54, 1.807) is 36.3 Å². The van der Waals surface area contributed by atoms with Crippen LogP contribution in [-0.4, -0.2) is 47.0 Å². The molecule has 5 rings (SSSR count). The molecule has 1 aromatic heterocycles. The Balaban J connectivity index is 1.42. The van der Waals surface area contributed by atoms with Gasteiger partial charge in [0.05, 0.1) is 34.8 Å². The number of nitrogens with one attached hydrogen (secondary N) is 1. The van der Waals surface area contributed by atoms with E-state index in [1.165, 1.54) is 6.33 Å². The highest BCUT2D eigenvalue weighted by atomic mass is 35.5. The first-order valence-electron chi connectivity index (χ1n) is 13.9. The summed E-state index contributed by atoms with van der Waals surface area (Å²) in [5.74, 6) is 2.26. The molecule has 12 heteroatoms. The van der Waals surface area contributed by atoms with Crippen molar-refractivity contribution in [1.29, 1.82) is 5.26 Å². The number of hydrazine groups is 1. The monoisotopic (exact) mass is 621 g/mol. The van der Waals surface area contributed by atoms with E-state index in [9.17, 15) is 10.1 Å². The second-order valence-electron chi connectivity index (χ2n) is 11.6. The Bertz CT molecular complexity index is 1620. The minimum Gasteiger partial charge on any atom is -0.493 e. The van der Waals surface area contributed by atoms with Crippen LogP contribution in [0.3, 0.4) is 0 Å². The summed E-state index contributed by atoms with van der Waals surface area (Å²) in [6.45, 7) is 6.89. The molecule has 3 heterocycles. The standard InChI is InChI=1S/C31H33Cl2N7O3/c1-31(2,3)14-19(15-34)30(41)39-11-5-6-20(16-39)40-29-26(28(35)36-17-37-29)27(38-40)18-7-10-24(25(12-18)42-4)43-21-8-9-22(32)23(33)13-21/h7-10,12-14,17,20,27,38H,5-6,11,16H2,1-4H3,(H2,35,36,37)/b19-14+/t20-,27?/m1/s1. The van der Waals surface area contributed by atoms with E-state index >= 15 is 0 Å². The number of nitriles is 1. The molecule has 1 saturated heterocycles. The van der Waals surface area contributed by atoms with E-state index in [2.05, 4.69) is 21.5 Å². The Morgan fingerprint density at radius 3 is 2.65 bits per heavy atom. The van der Waals surface area contributed by atoms with Gasteiger partial charge in [-0.3, -0.25) is 9.80 Å². The van der Waals surface area contributed by atoms with Crippen LogP contribution >= 0.6 is 23.2 Å². The number of methoxy groups -OCH3 is 1. The lowest BCUT2D eigenvalue weighted by molar-refractivity contribution is -0.127. The second-order valence-corrected chi connectivity index (χ2v) is 12.4. The zero-order valence-corrected chi connectivity index (χ0v) is 25.9. The molecule has 1 amide bonds. The minimum atomic E-state index is -0.384. The van der Waals surface area contributed by atoms with Crippen LogP contribution in [0.5, 0.6) is 17.2 Å². The van der Waals surface area contributed by atoms with Gasteiger partial charge in [0, 0.05) is 19.2 Å². The first-order valence-corrected chi connectivity index (χ1v) is 14.6. The fourth-order valence-corrected chi connectivity index (χ4v) is 5.65. The lowest BCUT2D eigenvalue weighted by atomic mass is 9.93. The highest BCUT2D eigenvalue weighted by molar-refractivity contribution is 6.42. The number of aromatic nitrogens is 2. The summed E-state index contributed by atoms with van der Waals surface area (Å²) in [7, 11) is 1.57. The van der Waals surface area contributed by atoms with Crippen molar-refractivity contribution in [1.82, 2.24) is 20.3 Å². The lowest BCUT2D eigenvalue weighted by Gasteiger charge is -2.38. The van der Waals surface area contributed by atoms with Crippen LogP contribution in [0.4, 0.5) is 11.6 Å². The molecule has 3 N–H and O–H groups in total. The molecule has 0 bridgehead atoms. The molecule has 2 aliphatic heterocycles. The van der Waals surface area contributed by atoms with Gasteiger partial charge in [-0.1, -0.05) is 56.1 Å². The lowest BCUT2D eigenvalue weighted by Crippen LogP contribution is -2.53. The number of likely N-dealkylation sites (tertiary alicyclic amines) is 1. The van der Waals surface area contributed by atoms with Crippen molar-refractivity contribution in [2.45, 2.75) is 45.7 Å². The quantitative estimate of drug-likeness (QED) is 0.249.